The van der Waals surface area contributed by atoms with Crippen LogP contribution in [0.1, 0.15) is 37.2 Å². The minimum Gasteiger partial charge on any atom is -0.361 e. The van der Waals surface area contributed by atoms with Gasteiger partial charge in [-0.05, 0) is 72.9 Å². The van der Waals surface area contributed by atoms with Crippen molar-refractivity contribution in [3.8, 4) is 0 Å². The quantitative estimate of drug-likeness (QED) is 0.489. The summed E-state index contributed by atoms with van der Waals surface area (Å²) >= 11 is 0. The number of para-hydroxylation sites is 1. The summed E-state index contributed by atoms with van der Waals surface area (Å²) in [6.45, 7) is 0. The second-order valence-electron chi connectivity index (χ2n) is 7.73. The van der Waals surface area contributed by atoms with Crippen molar-refractivity contribution >= 4 is 33.9 Å². The summed E-state index contributed by atoms with van der Waals surface area (Å²) in [5, 5.41) is 2.34. The van der Waals surface area contributed by atoms with Crippen molar-refractivity contribution in [2.45, 2.75) is 37.6 Å². The maximum atomic E-state index is 11.9. The third-order valence-corrected chi connectivity index (χ3v) is 6.13. The lowest BCUT2D eigenvalue weighted by atomic mass is 9.81. The highest BCUT2D eigenvalue weighted by atomic mass is 16.1. The van der Waals surface area contributed by atoms with E-state index in [1.807, 2.05) is 41.6 Å². The zero-order valence-corrected chi connectivity index (χ0v) is 15.7. The van der Waals surface area contributed by atoms with Gasteiger partial charge in [0.25, 0.3) is 0 Å². The first-order valence-electron chi connectivity index (χ1n) is 9.97. The van der Waals surface area contributed by atoms with Crippen molar-refractivity contribution in [3.63, 3.8) is 0 Å². The summed E-state index contributed by atoms with van der Waals surface area (Å²) in [6.07, 6.45) is 9.02. The lowest BCUT2D eigenvalue weighted by Crippen LogP contribution is -2.37. The zero-order valence-electron chi connectivity index (χ0n) is 15.7. The van der Waals surface area contributed by atoms with Gasteiger partial charge in [0, 0.05) is 23.1 Å². The highest BCUT2D eigenvalue weighted by Gasteiger charge is 2.27. The van der Waals surface area contributed by atoms with Gasteiger partial charge in [0.05, 0.1) is 17.4 Å². The van der Waals surface area contributed by atoms with Crippen molar-refractivity contribution in [1.29, 1.82) is 0 Å². The Labute approximate surface area is 164 Å². The normalized spacial score (nSPS) is 19.7. The van der Waals surface area contributed by atoms with E-state index in [0.717, 1.165) is 48.7 Å². The van der Waals surface area contributed by atoms with Gasteiger partial charge in [0.15, 0.2) is 0 Å². The number of pyridine rings is 1. The van der Waals surface area contributed by atoms with E-state index < -0.39 is 0 Å². The number of hydrogen-bond donors (Lipinski definition) is 1. The largest absolute Gasteiger partial charge is 0.361 e. The molecule has 1 amide bonds. The van der Waals surface area contributed by atoms with Crippen molar-refractivity contribution in [2.75, 3.05) is 4.90 Å². The number of nitrogens with one attached hydrogen (secondary N) is 1. The molecule has 0 unspecified atom stereocenters. The molecule has 0 spiro atoms. The van der Waals surface area contributed by atoms with E-state index in [0.29, 0.717) is 5.92 Å². The average Bonchev–Trinajstić information content (AvgIpc) is 3.23. The Morgan fingerprint density at radius 2 is 1.82 bits per heavy atom. The van der Waals surface area contributed by atoms with E-state index in [-0.39, 0.29) is 6.04 Å². The van der Waals surface area contributed by atoms with Gasteiger partial charge in [-0.3, -0.25) is 9.78 Å². The van der Waals surface area contributed by atoms with Crippen LogP contribution in [-0.2, 0) is 4.79 Å². The molecule has 4 nitrogen and oxygen atoms in total. The number of nitrogens with zero attached hydrogens (tertiary/aromatic N) is 2. The summed E-state index contributed by atoms with van der Waals surface area (Å²) in [6, 6.07) is 19.2. The molecule has 0 bridgehead atoms. The number of benzene rings is 2. The average molecular weight is 369 g/mol. The van der Waals surface area contributed by atoms with Gasteiger partial charge in [-0.2, -0.15) is 0 Å². The van der Waals surface area contributed by atoms with Crippen molar-refractivity contribution in [2.24, 2.45) is 0 Å². The third-order valence-electron chi connectivity index (χ3n) is 6.13. The number of H-pyrrole nitrogens is 1. The van der Waals surface area contributed by atoms with Crippen molar-refractivity contribution in [3.05, 3.63) is 72.6 Å². The number of anilines is 1. The molecule has 1 fully saturated rings. The predicted octanol–water partition coefficient (Wildman–Crippen LogP) is 5.41. The molecule has 1 aliphatic rings. The summed E-state index contributed by atoms with van der Waals surface area (Å²) in [5.74, 6) is 0.568. The second-order valence-corrected chi connectivity index (χ2v) is 7.73. The number of hydrogen-bond acceptors (Lipinski definition) is 2. The minimum absolute atomic E-state index is 0.243. The summed E-state index contributed by atoms with van der Waals surface area (Å²) in [7, 11) is 0. The third kappa shape index (κ3) is 3.05. The maximum absolute atomic E-state index is 11.9. The number of aromatic nitrogens is 2. The minimum atomic E-state index is 0.243. The molecule has 1 N–H and O–H groups in total. The van der Waals surface area contributed by atoms with Crippen molar-refractivity contribution < 1.29 is 4.79 Å². The maximum Gasteiger partial charge on any atom is 0.214 e. The Morgan fingerprint density at radius 3 is 2.68 bits per heavy atom. The molecule has 0 saturated heterocycles. The van der Waals surface area contributed by atoms with Gasteiger partial charge in [0.1, 0.15) is 0 Å². The fraction of sp³-hybridized carbons (Fsp3) is 0.250. The fourth-order valence-corrected chi connectivity index (χ4v) is 4.57. The Hall–Kier alpha value is -3.14. The molecule has 5 rings (SSSR count). The van der Waals surface area contributed by atoms with E-state index in [4.69, 9.17) is 0 Å². The second kappa shape index (κ2) is 7.12. The van der Waals surface area contributed by atoms with Crippen molar-refractivity contribution in [1.82, 2.24) is 9.97 Å². The SMILES string of the molecule is O=CN(c1cnc2ccccc2c1)C1CCC(c2ccc3[nH]ccc3c2)CC1. The van der Waals surface area contributed by atoms with Gasteiger partial charge in [-0.25, -0.2) is 0 Å². The first kappa shape index (κ1) is 17.0. The molecule has 4 heteroatoms. The Bertz CT molecular complexity index is 1120. The molecule has 1 saturated carbocycles. The van der Waals surface area contributed by atoms with Crippen LogP contribution >= 0.6 is 0 Å². The van der Waals surface area contributed by atoms with E-state index in [2.05, 4.69) is 40.3 Å². The Morgan fingerprint density at radius 1 is 0.964 bits per heavy atom. The van der Waals surface area contributed by atoms with E-state index >= 15 is 0 Å². The molecule has 4 aromatic rings. The van der Waals surface area contributed by atoms with Gasteiger partial charge in [0.2, 0.25) is 6.41 Å². The molecule has 140 valence electrons. The number of amides is 1. The van der Waals surface area contributed by atoms with E-state index in [1.165, 1.54) is 16.5 Å². The summed E-state index contributed by atoms with van der Waals surface area (Å²) in [4.78, 5) is 21.6. The number of rotatable bonds is 4. The van der Waals surface area contributed by atoms with Crippen LogP contribution in [0, 0.1) is 0 Å². The molecule has 0 atom stereocenters. The highest BCUT2D eigenvalue weighted by Crippen LogP contribution is 2.37. The molecule has 0 aliphatic heterocycles. The lowest BCUT2D eigenvalue weighted by molar-refractivity contribution is -0.108. The van der Waals surface area contributed by atoms with Crippen LogP contribution < -0.4 is 4.90 Å². The molecule has 2 aromatic carbocycles. The van der Waals surface area contributed by atoms with Gasteiger partial charge >= 0.3 is 0 Å². The topological polar surface area (TPSA) is 49.0 Å². The van der Waals surface area contributed by atoms with Gasteiger partial charge in [-0.1, -0.05) is 24.3 Å². The summed E-state index contributed by atoms with van der Waals surface area (Å²) in [5.41, 5.74) is 4.45. The van der Waals surface area contributed by atoms with Crippen LogP contribution in [0.5, 0.6) is 0 Å². The molecular weight excluding hydrogens is 346 g/mol. The van der Waals surface area contributed by atoms with E-state index in [1.54, 1.807) is 0 Å². The molecule has 2 aromatic heterocycles. The molecule has 2 heterocycles. The van der Waals surface area contributed by atoms with E-state index in [9.17, 15) is 4.79 Å². The van der Waals surface area contributed by atoms with Gasteiger partial charge < -0.3 is 9.88 Å². The number of fused-ring (bicyclic) bond motifs is 2. The van der Waals surface area contributed by atoms with Crippen LogP contribution in [0.3, 0.4) is 0 Å². The lowest BCUT2D eigenvalue weighted by Gasteiger charge is -2.35. The molecule has 0 radical (unpaired) electrons. The monoisotopic (exact) mass is 369 g/mol. The first-order valence-corrected chi connectivity index (χ1v) is 9.97. The first-order chi connectivity index (χ1) is 13.8. The van der Waals surface area contributed by atoms with Crippen LogP contribution in [-0.4, -0.2) is 22.4 Å². The van der Waals surface area contributed by atoms with Crippen LogP contribution in [0.2, 0.25) is 0 Å². The van der Waals surface area contributed by atoms with Crippen LogP contribution in [0.25, 0.3) is 21.8 Å². The Balaban J connectivity index is 1.33. The molecular formula is C24H23N3O. The fourth-order valence-electron chi connectivity index (χ4n) is 4.57. The molecule has 1 aliphatic carbocycles. The number of carbonyl (C=O) groups excluding carboxylic acids is 1. The predicted molar refractivity (Wildman–Crippen MR) is 114 cm³/mol. The van der Waals surface area contributed by atoms with Crippen LogP contribution in [0.15, 0.2) is 67.0 Å². The Kier molecular flexibility index (Phi) is 4.32. The van der Waals surface area contributed by atoms with Gasteiger partial charge in [-0.15, -0.1) is 0 Å². The van der Waals surface area contributed by atoms with Crippen LogP contribution in [0.4, 0.5) is 5.69 Å². The number of carbonyl (C=O) groups is 1. The smallest absolute Gasteiger partial charge is 0.214 e. The number of aromatic amines is 1. The summed E-state index contributed by atoms with van der Waals surface area (Å²) < 4.78 is 0. The highest BCUT2D eigenvalue weighted by molar-refractivity contribution is 5.85. The molecule has 28 heavy (non-hydrogen) atoms. The zero-order chi connectivity index (χ0) is 18.9. The standard InChI is InChI=1S/C24H23N3O/c28-16-27(22-14-19-3-1-2-4-23(19)26-15-22)21-8-5-17(6-9-21)18-7-10-24-20(13-18)11-12-25-24/h1-4,7,10-17,21,25H,5-6,8-9H2.